The second-order valence-electron chi connectivity index (χ2n) is 18.7. The van der Waals surface area contributed by atoms with Crippen molar-refractivity contribution in [2.45, 2.75) is 173 Å². The second-order valence-corrected chi connectivity index (χ2v) is 19.9. The standard InChI is InChI=1S/C47H77NO12S/c1-9-18-61-19-12-13-34-21-28(2)20-29(3)22-40(57-7)43-41(58-8)24-31(5)47(56,60-43)44(53)45(54)48-17-11-10-14-36(48)46(55)59-42(32(6)38(51)26-39(34)52)30(4)23-33-15-16-37(50)35(25-33)27-49/h21,23,29,31-38,40-43,49-51,56H,9-20,22,24-27H2,1-8H3/b28-21+,30-23+/t29-,31+,32+,33-,34+,35-,36-,37+,38-,40-,41-,42+,43+,47+/m0/s1. The van der Waals surface area contributed by atoms with Gasteiger partial charge in [-0.25, -0.2) is 4.79 Å². The van der Waals surface area contributed by atoms with Gasteiger partial charge in [0.2, 0.25) is 5.79 Å². The Morgan fingerprint density at radius 1 is 0.967 bits per heavy atom. The first-order chi connectivity index (χ1) is 29.0. The summed E-state index contributed by atoms with van der Waals surface area (Å²) in [4.78, 5) is 58.4. The molecule has 3 aliphatic heterocycles. The maximum Gasteiger partial charge on any atom is 0.329 e. The van der Waals surface area contributed by atoms with Crippen LogP contribution in [0.1, 0.15) is 125 Å². The highest BCUT2D eigenvalue weighted by molar-refractivity contribution is 7.99. The van der Waals surface area contributed by atoms with E-state index in [9.17, 15) is 39.6 Å². The molecule has 2 bridgehead atoms. The summed E-state index contributed by atoms with van der Waals surface area (Å²) in [7, 11) is 3.08. The third kappa shape index (κ3) is 13.4. The Bertz CT molecular complexity index is 1520. The molecule has 0 aromatic carbocycles. The number of aliphatic hydroxyl groups excluding tert-OH is 3. The van der Waals surface area contributed by atoms with Gasteiger partial charge in [0.25, 0.3) is 11.7 Å². The van der Waals surface area contributed by atoms with E-state index in [1.165, 1.54) is 12.0 Å². The Kier molecular flexibility index (Phi) is 20.4. The molecule has 4 N–H and O–H groups in total. The highest BCUT2D eigenvalue weighted by Gasteiger charge is 2.56. The Labute approximate surface area is 368 Å². The SMILES string of the molecule is CCCSCCC[C@@H]1/C=C(\C)C[C@H](C)C[C@H](OC)[C@H]2O[C@@](O)(C(=O)C(=O)N3CCCC[C@H]3C(=O)O[C@H](/C(C)=C/[C@@H]3CC[C@@H](O)[C@H](CO)C3)[C@H](C)[C@@H](O)CC1=O)[C@H](C)C[C@@H]2OC. The molecule has 2 saturated heterocycles. The monoisotopic (exact) mass is 880 g/mol. The van der Waals surface area contributed by atoms with Crippen LogP contribution in [0.5, 0.6) is 0 Å². The first kappa shape index (κ1) is 51.5. The summed E-state index contributed by atoms with van der Waals surface area (Å²) in [5.74, 6) is -5.93. The lowest BCUT2D eigenvalue weighted by Gasteiger charge is -2.47. The van der Waals surface area contributed by atoms with Gasteiger partial charge in [0.15, 0.2) is 0 Å². The van der Waals surface area contributed by atoms with E-state index >= 15 is 0 Å². The van der Waals surface area contributed by atoms with E-state index in [-0.39, 0.29) is 56.0 Å². The molecule has 61 heavy (non-hydrogen) atoms. The largest absolute Gasteiger partial charge is 0.456 e. The van der Waals surface area contributed by atoms with Gasteiger partial charge in [0, 0.05) is 57.5 Å². The molecule has 0 aromatic rings. The summed E-state index contributed by atoms with van der Waals surface area (Å²) >= 11 is 1.86. The minimum absolute atomic E-state index is 0.0236. The minimum atomic E-state index is -2.51. The van der Waals surface area contributed by atoms with Gasteiger partial charge in [-0.2, -0.15) is 11.8 Å². The van der Waals surface area contributed by atoms with Crippen molar-refractivity contribution in [2.75, 3.05) is 38.9 Å². The molecule has 0 unspecified atom stereocenters. The van der Waals surface area contributed by atoms with Crippen molar-refractivity contribution in [3.63, 3.8) is 0 Å². The number of thioether (sulfide) groups is 1. The Hall–Kier alpha value is -2.17. The minimum Gasteiger partial charge on any atom is -0.456 e. The maximum absolute atomic E-state index is 14.4. The highest BCUT2D eigenvalue weighted by Crippen LogP contribution is 2.39. The fraction of sp³-hybridized carbons (Fsp3) is 0.830. The van der Waals surface area contributed by atoms with E-state index in [2.05, 4.69) is 13.8 Å². The molecule has 1 saturated carbocycles. The van der Waals surface area contributed by atoms with Gasteiger partial charge in [-0.3, -0.25) is 14.4 Å². The fourth-order valence-electron chi connectivity index (χ4n) is 10.0. The van der Waals surface area contributed by atoms with Crippen LogP contribution in [0.2, 0.25) is 0 Å². The Morgan fingerprint density at radius 2 is 1.67 bits per heavy atom. The van der Waals surface area contributed by atoms with Crippen molar-refractivity contribution in [1.82, 2.24) is 4.90 Å². The van der Waals surface area contributed by atoms with Crippen LogP contribution >= 0.6 is 11.8 Å². The van der Waals surface area contributed by atoms with Gasteiger partial charge in [-0.1, -0.05) is 45.4 Å². The number of carbonyl (C=O) groups excluding carboxylic acids is 4. The van der Waals surface area contributed by atoms with Crippen molar-refractivity contribution in [3.8, 4) is 0 Å². The Morgan fingerprint density at radius 3 is 2.34 bits per heavy atom. The Balaban J connectivity index is 1.77. The van der Waals surface area contributed by atoms with Crippen LogP contribution in [0.15, 0.2) is 23.3 Å². The molecule has 1 aliphatic carbocycles. The smallest absolute Gasteiger partial charge is 0.329 e. The average molecular weight is 880 g/mol. The van der Waals surface area contributed by atoms with Crippen LogP contribution in [-0.2, 0) is 38.1 Å². The molecule has 3 fully saturated rings. The predicted molar refractivity (Wildman–Crippen MR) is 234 cm³/mol. The summed E-state index contributed by atoms with van der Waals surface area (Å²) < 4.78 is 24.4. The number of methoxy groups -OCH3 is 2. The topological polar surface area (TPSA) is 189 Å². The predicted octanol–water partition coefficient (Wildman–Crippen LogP) is 5.58. The fourth-order valence-corrected chi connectivity index (χ4v) is 10.9. The molecule has 0 spiro atoms. The number of Topliss-reactive ketones (excluding diaryl/α,β-unsaturated/α-hetero) is 2. The van der Waals surface area contributed by atoms with Crippen LogP contribution in [0.4, 0.5) is 0 Å². The van der Waals surface area contributed by atoms with Crippen molar-refractivity contribution in [3.05, 3.63) is 23.3 Å². The average Bonchev–Trinajstić information content (AvgIpc) is 3.24. The molecular weight excluding hydrogens is 803 g/mol. The van der Waals surface area contributed by atoms with Gasteiger partial charge in [0.05, 0.1) is 24.4 Å². The number of ketones is 2. The van der Waals surface area contributed by atoms with Crippen molar-refractivity contribution in [1.29, 1.82) is 0 Å². The molecule has 0 radical (unpaired) electrons. The number of hydrogen-bond acceptors (Lipinski definition) is 13. The third-order valence-corrected chi connectivity index (χ3v) is 15.0. The number of nitrogens with zero attached hydrogens (tertiary/aromatic N) is 1. The molecular formula is C47H77NO12S. The number of fused-ring (bicyclic) bond motifs is 3. The lowest BCUT2D eigenvalue weighted by Crippen LogP contribution is -2.64. The van der Waals surface area contributed by atoms with E-state index in [0.717, 1.165) is 29.9 Å². The summed E-state index contributed by atoms with van der Waals surface area (Å²) in [6, 6.07) is -1.15. The molecule has 4 aliphatic rings. The van der Waals surface area contributed by atoms with E-state index in [1.54, 1.807) is 21.0 Å². The first-order valence-electron chi connectivity index (χ1n) is 22.9. The zero-order valence-electron chi connectivity index (χ0n) is 38.1. The molecule has 348 valence electrons. The van der Waals surface area contributed by atoms with Crippen molar-refractivity contribution in [2.24, 2.45) is 35.5 Å². The number of ether oxygens (including phenoxy) is 4. The number of piperidine rings is 1. The lowest BCUT2D eigenvalue weighted by molar-refractivity contribution is -0.302. The maximum atomic E-state index is 14.4. The molecule has 3 heterocycles. The number of rotatable bonds is 11. The van der Waals surface area contributed by atoms with Crippen LogP contribution in [0, 0.1) is 35.5 Å². The van der Waals surface area contributed by atoms with Gasteiger partial charge in [-0.05, 0) is 120 Å². The number of cyclic esters (lactones) is 1. The van der Waals surface area contributed by atoms with E-state index in [1.807, 2.05) is 37.8 Å². The number of amides is 1. The van der Waals surface area contributed by atoms with Crippen LogP contribution in [0.25, 0.3) is 0 Å². The summed E-state index contributed by atoms with van der Waals surface area (Å²) in [5.41, 5.74) is 1.66. The number of esters is 1. The van der Waals surface area contributed by atoms with Gasteiger partial charge in [0.1, 0.15) is 24.0 Å². The zero-order chi connectivity index (χ0) is 45.0. The zero-order valence-corrected chi connectivity index (χ0v) is 38.9. The quantitative estimate of drug-likeness (QED) is 0.0873. The van der Waals surface area contributed by atoms with Crippen molar-refractivity contribution < 1.29 is 58.6 Å². The molecule has 0 aromatic heterocycles. The van der Waals surface area contributed by atoms with Crippen molar-refractivity contribution >= 4 is 35.2 Å². The number of hydrogen-bond donors (Lipinski definition) is 4. The molecule has 14 atom stereocenters. The molecule has 13 nitrogen and oxygen atoms in total. The summed E-state index contributed by atoms with van der Waals surface area (Å²) in [6.07, 6.45) is 5.86. The van der Waals surface area contributed by atoms with Gasteiger partial charge in [-0.15, -0.1) is 0 Å². The summed E-state index contributed by atoms with van der Waals surface area (Å²) in [5, 5.41) is 44.4. The van der Waals surface area contributed by atoms with Crippen LogP contribution in [0.3, 0.4) is 0 Å². The van der Waals surface area contributed by atoms with Gasteiger partial charge < -0.3 is 44.3 Å². The normalized spacial score (nSPS) is 39.1. The molecule has 14 heteroatoms. The van der Waals surface area contributed by atoms with E-state index in [4.69, 9.17) is 18.9 Å². The highest BCUT2D eigenvalue weighted by atomic mass is 32.2. The summed E-state index contributed by atoms with van der Waals surface area (Å²) in [6.45, 7) is 11.3. The second kappa shape index (κ2) is 24.2. The molecule has 1 amide bonds. The number of allylic oxidation sites excluding steroid dienone is 3. The van der Waals surface area contributed by atoms with E-state index < -0.39 is 83.9 Å². The number of aliphatic hydroxyl groups is 4. The van der Waals surface area contributed by atoms with E-state index in [0.29, 0.717) is 56.9 Å². The lowest BCUT2D eigenvalue weighted by atomic mass is 9.78. The third-order valence-electron chi connectivity index (χ3n) is 13.7. The first-order valence-corrected chi connectivity index (χ1v) is 24.1. The van der Waals surface area contributed by atoms with Crippen LogP contribution < -0.4 is 0 Å². The van der Waals surface area contributed by atoms with Gasteiger partial charge >= 0.3 is 5.97 Å². The molecule has 4 rings (SSSR count). The number of carbonyl (C=O) groups is 4. The van der Waals surface area contributed by atoms with Crippen LogP contribution in [-0.4, -0.2) is 136 Å².